The smallest absolute Gasteiger partial charge is 0.410 e. The second-order valence-corrected chi connectivity index (χ2v) is 11.2. The molecule has 1 atom stereocenters. The monoisotopic (exact) mass is 467 g/mol. The van der Waals surface area contributed by atoms with E-state index in [0.717, 1.165) is 6.21 Å². The standard InChI is InChI=1S/C16H25N3O7S3/c1-5-17-28(21,22)14-10-12-13(19(6-2)16(20)26-4)11-18(8-7-9-25-3)29(23,24)15(12)27-14/h5,10,13H,6-9,11H2,1-4H3/t13-/m0/s1. The molecule has 0 aromatic carbocycles. The molecular formula is C16H25N3O7S3. The molecule has 10 nitrogen and oxygen atoms in total. The SMILES string of the molecule is CC=NS(=O)(=O)c1cc2c(s1)S(=O)(=O)N(CCCOC)C[C@@H]2N(CC)C(=O)OC. The van der Waals surface area contributed by atoms with Gasteiger partial charge >= 0.3 is 6.09 Å². The highest BCUT2D eigenvalue weighted by Crippen LogP contribution is 2.43. The van der Waals surface area contributed by atoms with Gasteiger partial charge in [-0.05, 0) is 26.3 Å². The second-order valence-electron chi connectivity index (χ2n) is 6.13. The number of nitrogens with zero attached hydrogens (tertiary/aromatic N) is 3. The maximum atomic E-state index is 13.1. The first-order chi connectivity index (χ1) is 13.6. The van der Waals surface area contributed by atoms with Gasteiger partial charge in [0.1, 0.15) is 8.42 Å². The number of hydrogen-bond acceptors (Lipinski definition) is 8. The molecule has 0 radical (unpaired) electrons. The average Bonchev–Trinajstić information content (AvgIpc) is 3.13. The van der Waals surface area contributed by atoms with Crippen LogP contribution in [0, 0.1) is 0 Å². The van der Waals surface area contributed by atoms with E-state index in [1.807, 2.05) is 0 Å². The summed E-state index contributed by atoms with van der Waals surface area (Å²) in [4.78, 5) is 13.6. The average molecular weight is 468 g/mol. The van der Waals surface area contributed by atoms with Crippen LogP contribution in [0.1, 0.15) is 31.9 Å². The number of hydrogen-bond donors (Lipinski definition) is 0. The summed E-state index contributed by atoms with van der Waals surface area (Å²) >= 11 is 0.642. The highest BCUT2D eigenvalue weighted by molar-refractivity contribution is 7.94. The number of carbonyl (C=O) groups is 1. The molecule has 1 aliphatic heterocycles. The molecule has 1 aliphatic rings. The third-order valence-electron chi connectivity index (χ3n) is 4.39. The maximum Gasteiger partial charge on any atom is 0.410 e. The van der Waals surface area contributed by atoms with E-state index in [1.165, 1.54) is 36.4 Å². The Bertz CT molecular complexity index is 970. The normalized spacial score (nSPS) is 19.2. The van der Waals surface area contributed by atoms with Gasteiger partial charge in [-0.1, -0.05) is 0 Å². The van der Waals surface area contributed by atoms with Gasteiger partial charge in [-0.25, -0.2) is 13.2 Å². The van der Waals surface area contributed by atoms with Crippen molar-refractivity contribution in [3.63, 3.8) is 0 Å². The number of carbonyl (C=O) groups excluding carboxylic acids is 1. The Hall–Kier alpha value is -1.54. The molecule has 0 aliphatic carbocycles. The number of fused-ring (bicyclic) bond motifs is 1. The van der Waals surface area contributed by atoms with Crippen molar-refractivity contribution in [3.05, 3.63) is 11.6 Å². The van der Waals surface area contributed by atoms with Crippen LogP contribution in [-0.2, 0) is 29.5 Å². The predicted octanol–water partition coefficient (Wildman–Crippen LogP) is 1.70. The van der Waals surface area contributed by atoms with Crippen LogP contribution in [0.15, 0.2) is 18.9 Å². The van der Waals surface area contributed by atoms with Crippen molar-refractivity contribution >= 4 is 43.7 Å². The molecule has 29 heavy (non-hydrogen) atoms. The van der Waals surface area contributed by atoms with Crippen LogP contribution in [0.2, 0.25) is 0 Å². The fourth-order valence-electron chi connectivity index (χ4n) is 3.08. The Morgan fingerprint density at radius 3 is 2.69 bits per heavy atom. The number of rotatable bonds is 8. The lowest BCUT2D eigenvalue weighted by Crippen LogP contribution is -2.47. The number of methoxy groups -OCH3 is 2. The van der Waals surface area contributed by atoms with Gasteiger partial charge in [0.05, 0.1) is 13.2 Å². The molecular weight excluding hydrogens is 442 g/mol. The van der Waals surface area contributed by atoms with Crippen molar-refractivity contribution in [3.8, 4) is 0 Å². The first-order valence-electron chi connectivity index (χ1n) is 8.86. The van der Waals surface area contributed by atoms with Gasteiger partial charge in [0.25, 0.3) is 20.0 Å². The minimum absolute atomic E-state index is 0.00471. The topological polar surface area (TPSA) is 123 Å². The van der Waals surface area contributed by atoms with Gasteiger partial charge in [0, 0.05) is 45.1 Å². The Morgan fingerprint density at radius 1 is 1.45 bits per heavy atom. The molecule has 0 spiro atoms. The van der Waals surface area contributed by atoms with Crippen LogP contribution >= 0.6 is 11.3 Å². The lowest BCUT2D eigenvalue weighted by atomic mass is 10.1. The minimum atomic E-state index is -4.02. The van der Waals surface area contributed by atoms with Crippen LogP contribution in [0.4, 0.5) is 4.79 Å². The second kappa shape index (κ2) is 9.51. The molecule has 0 N–H and O–H groups in total. The summed E-state index contributed by atoms with van der Waals surface area (Å²) in [5.74, 6) is 0. The third kappa shape index (κ3) is 4.79. The van der Waals surface area contributed by atoms with Crippen LogP contribution in [0.25, 0.3) is 0 Å². The van der Waals surface area contributed by atoms with E-state index < -0.39 is 32.2 Å². The van der Waals surface area contributed by atoms with Crippen LogP contribution in [0.3, 0.4) is 0 Å². The van der Waals surface area contributed by atoms with Gasteiger partial charge in [-0.3, -0.25) is 0 Å². The van der Waals surface area contributed by atoms with Gasteiger partial charge in [-0.15, -0.1) is 11.3 Å². The van der Waals surface area contributed by atoms with Crippen molar-refractivity contribution in [2.45, 2.75) is 34.7 Å². The molecule has 164 valence electrons. The number of sulfonamides is 2. The molecule has 1 aromatic heterocycles. The molecule has 0 fully saturated rings. The molecule has 0 saturated carbocycles. The van der Waals surface area contributed by atoms with Gasteiger partial charge in [0.15, 0.2) is 0 Å². The third-order valence-corrected chi connectivity index (χ3v) is 9.73. The lowest BCUT2D eigenvalue weighted by Gasteiger charge is -2.37. The van der Waals surface area contributed by atoms with Crippen molar-refractivity contribution < 1.29 is 31.1 Å². The maximum absolute atomic E-state index is 13.1. The zero-order valence-electron chi connectivity index (χ0n) is 16.7. The van der Waals surface area contributed by atoms with E-state index >= 15 is 0 Å². The first kappa shape index (κ1) is 23.7. The fraction of sp³-hybridized carbons (Fsp3) is 0.625. The quantitative estimate of drug-likeness (QED) is 0.421. The van der Waals surface area contributed by atoms with E-state index in [4.69, 9.17) is 9.47 Å². The minimum Gasteiger partial charge on any atom is -0.453 e. The van der Waals surface area contributed by atoms with Crippen molar-refractivity contribution in [2.24, 2.45) is 4.40 Å². The van der Waals surface area contributed by atoms with E-state index in [0.29, 0.717) is 24.4 Å². The van der Waals surface area contributed by atoms with Gasteiger partial charge < -0.3 is 14.4 Å². The number of amides is 1. The summed E-state index contributed by atoms with van der Waals surface area (Å²) in [7, 11) is -5.19. The number of thiophene rings is 1. The summed E-state index contributed by atoms with van der Waals surface area (Å²) in [5.41, 5.74) is 0.259. The van der Waals surface area contributed by atoms with E-state index in [1.54, 1.807) is 6.92 Å². The molecule has 1 aromatic rings. The van der Waals surface area contributed by atoms with Crippen molar-refractivity contribution in [1.82, 2.24) is 9.21 Å². The van der Waals surface area contributed by atoms with E-state index in [9.17, 15) is 21.6 Å². The zero-order chi connectivity index (χ0) is 21.8. The lowest BCUT2D eigenvalue weighted by molar-refractivity contribution is 0.0981. The summed E-state index contributed by atoms with van der Waals surface area (Å²) in [6, 6.07) is 0.613. The van der Waals surface area contributed by atoms with Crippen LogP contribution < -0.4 is 0 Å². The van der Waals surface area contributed by atoms with Crippen molar-refractivity contribution in [1.29, 1.82) is 0 Å². The van der Waals surface area contributed by atoms with Gasteiger partial charge in [0.2, 0.25) is 0 Å². The molecule has 13 heteroatoms. The highest BCUT2D eigenvalue weighted by Gasteiger charge is 2.43. The molecule has 2 heterocycles. The molecule has 0 saturated heterocycles. The molecule has 0 bridgehead atoms. The Morgan fingerprint density at radius 2 is 2.14 bits per heavy atom. The summed E-state index contributed by atoms with van der Waals surface area (Å²) in [6.07, 6.45) is 0.963. The Labute approximate surface area is 175 Å². The molecule has 0 unspecified atom stereocenters. The molecule has 2 rings (SSSR count). The highest BCUT2D eigenvalue weighted by atomic mass is 32.3. The summed E-state index contributed by atoms with van der Waals surface area (Å²) in [6.45, 7) is 3.99. The summed E-state index contributed by atoms with van der Waals surface area (Å²) < 4.78 is 65.2. The largest absolute Gasteiger partial charge is 0.453 e. The van der Waals surface area contributed by atoms with Crippen LogP contribution in [-0.4, -0.2) is 78.8 Å². The fourth-order valence-corrected chi connectivity index (χ4v) is 7.82. The van der Waals surface area contributed by atoms with Gasteiger partial charge in [-0.2, -0.15) is 17.1 Å². The molecule has 1 amide bonds. The Balaban J connectivity index is 2.62. The predicted molar refractivity (Wildman–Crippen MR) is 108 cm³/mol. The Kier molecular flexibility index (Phi) is 7.79. The number of likely N-dealkylation sites (N-methyl/N-ethyl adjacent to an activating group) is 1. The van der Waals surface area contributed by atoms with E-state index in [2.05, 4.69) is 4.40 Å². The summed E-state index contributed by atoms with van der Waals surface area (Å²) in [5, 5.41) is 0. The number of ether oxygens (including phenoxy) is 2. The van der Waals surface area contributed by atoms with E-state index in [-0.39, 0.29) is 33.6 Å². The van der Waals surface area contributed by atoms with Crippen LogP contribution in [0.5, 0.6) is 0 Å². The van der Waals surface area contributed by atoms with Crippen molar-refractivity contribution in [2.75, 3.05) is 40.5 Å². The zero-order valence-corrected chi connectivity index (χ0v) is 19.1. The first-order valence-corrected chi connectivity index (χ1v) is 12.6.